The van der Waals surface area contributed by atoms with E-state index in [0.29, 0.717) is 5.41 Å². The van der Waals surface area contributed by atoms with E-state index in [4.69, 9.17) is 0 Å². The molecule has 2 nitrogen and oxygen atoms in total. The predicted molar refractivity (Wildman–Crippen MR) is 92.7 cm³/mol. The van der Waals surface area contributed by atoms with Crippen LogP contribution < -0.4 is 5.32 Å². The van der Waals surface area contributed by atoms with Gasteiger partial charge >= 0.3 is 0 Å². The largest absolute Gasteiger partial charge is 0.311 e. The van der Waals surface area contributed by atoms with E-state index in [1.807, 2.05) is 0 Å². The number of nitrogens with zero attached hydrogens (tertiary/aromatic N) is 1. The quantitative estimate of drug-likeness (QED) is 0.824. The summed E-state index contributed by atoms with van der Waals surface area (Å²) in [5.41, 5.74) is 0.771. The molecule has 0 aromatic rings. The molecule has 1 saturated carbocycles. The first-order chi connectivity index (χ1) is 9.80. The smallest absolute Gasteiger partial charge is 0.00967 e. The minimum absolute atomic E-state index is 0.243. The Kier molecular flexibility index (Phi) is 5.76. The Balaban J connectivity index is 1.98. The van der Waals surface area contributed by atoms with E-state index < -0.39 is 0 Å². The highest BCUT2D eigenvalue weighted by atomic mass is 15.2. The Bertz CT molecular complexity index is 312. The summed E-state index contributed by atoms with van der Waals surface area (Å²) < 4.78 is 0. The number of likely N-dealkylation sites (tertiary alicyclic amines) is 1. The van der Waals surface area contributed by atoms with Crippen LogP contribution in [0.25, 0.3) is 0 Å². The summed E-state index contributed by atoms with van der Waals surface area (Å²) in [5, 5.41) is 3.82. The average molecular weight is 295 g/mol. The van der Waals surface area contributed by atoms with Crippen LogP contribution >= 0.6 is 0 Å². The minimum atomic E-state index is 0.243. The molecule has 21 heavy (non-hydrogen) atoms. The van der Waals surface area contributed by atoms with Gasteiger partial charge in [0.05, 0.1) is 0 Å². The fraction of sp³-hybridized carbons (Fsp3) is 1.00. The first kappa shape index (κ1) is 17.3. The van der Waals surface area contributed by atoms with E-state index >= 15 is 0 Å². The fourth-order valence-corrected chi connectivity index (χ4v) is 4.27. The maximum atomic E-state index is 3.82. The lowest BCUT2D eigenvalue weighted by molar-refractivity contribution is 0.0447. The van der Waals surface area contributed by atoms with Crippen LogP contribution in [-0.2, 0) is 0 Å². The SMILES string of the molecule is CC1CCN(CC2(CNC(C)(C)C)CCCCC2)C(C)C1. The van der Waals surface area contributed by atoms with Gasteiger partial charge in [0.15, 0.2) is 0 Å². The Morgan fingerprint density at radius 2 is 1.76 bits per heavy atom. The molecule has 2 atom stereocenters. The highest BCUT2D eigenvalue weighted by molar-refractivity contribution is 4.92. The van der Waals surface area contributed by atoms with Crippen molar-refractivity contribution in [3.8, 4) is 0 Å². The van der Waals surface area contributed by atoms with E-state index in [-0.39, 0.29) is 5.54 Å². The molecule has 1 heterocycles. The van der Waals surface area contributed by atoms with Crippen molar-refractivity contribution in [3.63, 3.8) is 0 Å². The third kappa shape index (κ3) is 5.25. The van der Waals surface area contributed by atoms with Crippen LogP contribution in [0.5, 0.6) is 0 Å². The summed E-state index contributed by atoms with van der Waals surface area (Å²) in [4.78, 5) is 2.80. The molecule has 0 aromatic heterocycles. The standard InChI is InChI=1S/C19H38N2/c1-16-9-12-21(17(2)13-16)15-19(10-7-6-8-11-19)14-20-18(3,4)5/h16-17,20H,6-15H2,1-5H3. The number of nitrogens with one attached hydrogen (secondary N) is 1. The van der Waals surface area contributed by atoms with Crippen molar-refractivity contribution in [2.75, 3.05) is 19.6 Å². The second-order valence-corrected chi connectivity index (χ2v) is 9.11. The van der Waals surface area contributed by atoms with Gasteiger partial charge in [0.2, 0.25) is 0 Å². The molecular weight excluding hydrogens is 256 g/mol. The normalized spacial score (nSPS) is 31.3. The van der Waals surface area contributed by atoms with Crippen molar-refractivity contribution in [1.29, 1.82) is 0 Å². The first-order valence-electron chi connectivity index (χ1n) is 9.29. The third-order valence-electron chi connectivity index (χ3n) is 5.72. The molecule has 0 bridgehead atoms. The zero-order chi connectivity index (χ0) is 15.5. The van der Waals surface area contributed by atoms with Crippen LogP contribution in [0.1, 0.15) is 79.6 Å². The Morgan fingerprint density at radius 1 is 1.10 bits per heavy atom. The van der Waals surface area contributed by atoms with Crippen molar-refractivity contribution in [1.82, 2.24) is 10.2 Å². The van der Waals surface area contributed by atoms with Gasteiger partial charge < -0.3 is 10.2 Å². The molecule has 0 spiro atoms. The predicted octanol–water partition coefficient (Wildman–Crippen LogP) is 4.45. The van der Waals surface area contributed by atoms with E-state index in [0.717, 1.165) is 12.0 Å². The summed E-state index contributed by atoms with van der Waals surface area (Å²) >= 11 is 0. The van der Waals surface area contributed by atoms with Crippen LogP contribution in [0.3, 0.4) is 0 Å². The molecule has 2 rings (SSSR count). The average Bonchev–Trinajstić information content (AvgIpc) is 2.41. The van der Waals surface area contributed by atoms with Gasteiger partial charge in [-0.15, -0.1) is 0 Å². The third-order valence-corrected chi connectivity index (χ3v) is 5.72. The summed E-state index contributed by atoms with van der Waals surface area (Å²) in [7, 11) is 0. The van der Waals surface area contributed by atoms with Crippen molar-refractivity contribution < 1.29 is 0 Å². The van der Waals surface area contributed by atoms with Gasteiger partial charge in [-0.3, -0.25) is 0 Å². The van der Waals surface area contributed by atoms with Crippen LogP contribution in [0.15, 0.2) is 0 Å². The zero-order valence-electron chi connectivity index (χ0n) is 15.2. The monoisotopic (exact) mass is 294 g/mol. The lowest BCUT2D eigenvalue weighted by Crippen LogP contribution is -2.52. The van der Waals surface area contributed by atoms with Crippen molar-refractivity contribution in [2.24, 2.45) is 11.3 Å². The van der Waals surface area contributed by atoms with Crippen molar-refractivity contribution in [3.05, 3.63) is 0 Å². The number of rotatable bonds is 4. The molecule has 2 unspecified atom stereocenters. The Hall–Kier alpha value is -0.0800. The second kappa shape index (κ2) is 7.00. The molecule has 1 aliphatic carbocycles. The van der Waals surface area contributed by atoms with Crippen molar-refractivity contribution >= 4 is 0 Å². The molecule has 0 aromatic carbocycles. The fourth-order valence-electron chi connectivity index (χ4n) is 4.27. The maximum Gasteiger partial charge on any atom is 0.00967 e. The van der Waals surface area contributed by atoms with Crippen LogP contribution in [-0.4, -0.2) is 36.1 Å². The summed E-state index contributed by atoms with van der Waals surface area (Å²) in [6.07, 6.45) is 9.96. The van der Waals surface area contributed by atoms with Crippen LogP contribution in [0, 0.1) is 11.3 Å². The van der Waals surface area contributed by atoms with E-state index in [2.05, 4.69) is 44.8 Å². The molecule has 1 saturated heterocycles. The zero-order valence-corrected chi connectivity index (χ0v) is 15.2. The van der Waals surface area contributed by atoms with Gasteiger partial charge in [-0.25, -0.2) is 0 Å². The van der Waals surface area contributed by atoms with Gasteiger partial charge in [0.1, 0.15) is 0 Å². The molecule has 0 amide bonds. The van der Waals surface area contributed by atoms with Gasteiger partial charge in [-0.1, -0.05) is 26.2 Å². The van der Waals surface area contributed by atoms with Crippen LogP contribution in [0.4, 0.5) is 0 Å². The first-order valence-corrected chi connectivity index (χ1v) is 9.29. The molecule has 1 N–H and O–H groups in total. The van der Waals surface area contributed by atoms with Gasteiger partial charge in [0, 0.05) is 24.7 Å². The Morgan fingerprint density at radius 3 is 2.33 bits per heavy atom. The molecule has 2 fully saturated rings. The molecule has 1 aliphatic heterocycles. The van der Waals surface area contributed by atoms with E-state index in [1.54, 1.807) is 0 Å². The van der Waals surface area contributed by atoms with E-state index in [9.17, 15) is 0 Å². The molecule has 0 radical (unpaired) electrons. The number of hydrogen-bond acceptors (Lipinski definition) is 2. The highest BCUT2D eigenvalue weighted by Gasteiger charge is 2.36. The van der Waals surface area contributed by atoms with Gasteiger partial charge in [-0.2, -0.15) is 0 Å². The molecule has 124 valence electrons. The molecule has 2 aliphatic rings. The van der Waals surface area contributed by atoms with E-state index in [1.165, 1.54) is 64.6 Å². The summed E-state index contributed by atoms with van der Waals surface area (Å²) in [6, 6.07) is 0.780. The molecular formula is C19H38N2. The Labute approximate surface area is 133 Å². The van der Waals surface area contributed by atoms with Crippen LogP contribution in [0.2, 0.25) is 0 Å². The summed E-state index contributed by atoms with van der Waals surface area (Å²) in [6.45, 7) is 15.6. The second-order valence-electron chi connectivity index (χ2n) is 9.11. The van der Waals surface area contributed by atoms with Gasteiger partial charge in [-0.05, 0) is 71.3 Å². The highest BCUT2D eigenvalue weighted by Crippen LogP contribution is 2.38. The lowest BCUT2D eigenvalue weighted by Gasteiger charge is -2.46. The summed E-state index contributed by atoms with van der Waals surface area (Å²) in [5.74, 6) is 0.922. The lowest BCUT2D eigenvalue weighted by atomic mass is 9.72. The number of piperidine rings is 1. The van der Waals surface area contributed by atoms with Crippen molar-refractivity contribution in [2.45, 2.75) is 91.1 Å². The van der Waals surface area contributed by atoms with Gasteiger partial charge in [0.25, 0.3) is 0 Å². The number of hydrogen-bond donors (Lipinski definition) is 1. The maximum absolute atomic E-state index is 3.82. The molecule has 2 heteroatoms. The minimum Gasteiger partial charge on any atom is -0.311 e. The topological polar surface area (TPSA) is 15.3 Å².